The Kier molecular flexibility index (Phi) is 3.21. The van der Waals surface area contributed by atoms with E-state index in [2.05, 4.69) is 22.2 Å². The standard InChI is InChI=1S/C15H23N3O/c1-4-19-13-9-12(15(13)6-5-7-15)18-14-8-10(2)16-11(3)17-14/h8,12-13H,4-7,9H2,1-3H3,(H,16,17,18). The van der Waals surface area contributed by atoms with Gasteiger partial charge in [-0.1, -0.05) is 6.42 Å². The normalized spacial score (nSPS) is 27.7. The van der Waals surface area contributed by atoms with Crippen LogP contribution in [0.15, 0.2) is 6.07 Å². The number of nitrogens with zero attached hydrogens (tertiary/aromatic N) is 2. The second-order valence-electron chi connectivity index (χ2n) is 5.91. The Labute approximate surface area is 115 Å². The first-order valence-electron chi connectivity index (χ1n) is 7.34. The molecule has 1 heterocycles. The molecule has 1 aromatic rings. The summed E-state index contributed by atoms with van der Waals surface area (Å²) in [5, 5.41) is 3.61. The van der Waals surface area contributed by atoms with Gasteiger partial charge in [0.2, 0.25) is 0 Å². The van der Waals surface area contributed by atoms with Gasteiger partial charge in [0, 0.05) is 29.8 Å². The van der Waals surface area contributed by atoms with Crippen LogP contribution in [0.2, 0.25) is 0 Å². The Morgan fingerprint density at radius 2 is 2.16 bits per heavy atom. The van der Waals surface area contributed by atoms with Crippen LogP contribution in [-0.2, 0) is 4.74 Å². The molecule has 4 heteroatoms. The minimum absolute atomic E-state index is 0.378. The summed E-state index contributed by atoms with van der Waals surface area (Å²) in [4.78, 5) is 8.81. The van der Waals surface area contributed by atoms with Gasteiger partial charge in [0.05, 0.1) is 6.10 Å². The lowest BCUT2D eigenvalue weighted by Crippen LogP contribution is -2.64. The molecule has 2 saturated carbocycles. The Bertz CT molecular complexity index is 450. The molecule has 0 aromatic carbocycles. The van der Waals surface area contributed by atoms with Gasteiger partial charge in [0.15, 0.2) is 0 Å². The summed E-state index contributed by atoms with van der Waals surface area (Å²) < 4.78 is 5.88. The summed E-state index contributed by atoms with van der Waals surface area (Å²) in [7, 11) is 0. The van der Waals surface area contributed by atoms with Gasteiger partial charge in [-0.15, -0.1) is 0 Å². The molecule has 0 aliphatic heterocycles. The molecule has 2 aliphatic rings. The summed E-state index contributed by atoms with van der Waals surface area (Å²) in [6.07, 6.45) is 5.48. The number of aryl methyl sites for hydroxylation is 2. The Morgan fingerprint density at radius 3 is 2.74 bits per heavy atom. The van der Waals surface area contributed by atoms with Crippen LogP contribution in [0, 0.1) is 19.3 Å². The minimum Gasteiger partial charge on any atom is -0.378 e. The first kappa shape index (κ1) is 12.9. The highest BCUT2D eigenvalue weighted by atomic mass is 16.5. The molecule has 2 fully saturated rings. The van der Waals surface area contributed by atoms with Crippen molar-refractivity contribution in [2.24, 2.45) is 5.41 Å². The third-order valence-corrected chi connectivity index (χ3v) is 4.73. The molecule has 2 unspecified atom stereocenters. The van der Waals surface area contributed by atoms with Gasteiger partial charge in [-0.25, -0.2) is 9.97 Å². The zero-order chi connectivity index (χ0) is 13.5. The fourth-order valence-corrected chi connectivity index (χ4v) is 3.61. The Balaban J connectivity index is 1.71. The van der Waals surface area contributed by atoms with E-state index in [0.29, 0.717) is 17.6 Å². The second kappa shape index (κ2) is 4.75. The van der Waals surface area contributed by atoms with E-state index < -0.39 is 0 Å². The molecule has 0 amide bonds. The highest BCUT2D eigenvalue weighted by molar-refractivity contribution is 5.39. The van der Waals surface area contributed by atoms with Crippen LogP contribution in [-0.4, -0.2) is 28.7 Å². The van der Waals surface area contributed by atoms with E-state index in [4.69, 9.17) is 4.74 Å². The molecule has 1 N–H and O–H groups in total. The molecule has 3 rings (SSSR count). The Morgan fingerprint density at radius 1 is 1.37 bits per heavy atom. The lowest BCUT2D eigenvalue weighted by Gasteiger charge is -2.61. The van der Waals surface area contributed by atoms with Gasteiger partial charge in [-0.2, -0.15) is 0 Å². The molecule has 1 aromatic heterocycles. The van der Waals surface area contributed by atoms with Crippen molar-refractivity contribution in [3.8, 4) is 0 Å². The van der Waals surface area contributed by atoms with Crippen molar-refractivity contribution < 1.29 is 4.74 Å². The van der Waals surface area contributed by atoms with Gasteiger partial charge in [-0.05, 0) is 40.0 Å². The van der Waals surface area contributed by atoms with Gasteiger partial charge in [0.25, 0.3) is 0 Å². The first-order valence-corrected chi connectivity index (χ1v) is 7.34. The predicted octanol–water partition coefficient (Wildman–Crippen LogP) is 2.85. The van der Waals surface area contributed by atoms with Crippen LogP contribution in [0.5, 0.6) is 0 Å². The van der Waals surface area contributed by atoms with E-state index in [1.54, 1.807) is 0 Å². The lowest BCUT2D eigenvalue weighted by molar-refractivity contribution is -0.157. The third-order valence-electron chi connectivity index (χ3n) is 4.73. The van der Waals surface area contributed by atoms with E-state index in [-0.39, 0.29) is 0 Å². The SMILES string of the molecule is CCOC1CC(Nc2cc(C)nc(C)n2)C12CCC2. The molecule has 0 bridgehead atoms. The quantitative estimate of drug-likeness (QED) is 0.905. The molecular formula is C15H23N3O. The van der Waals surface area contributed by atoms with E-state index in [1.165, 1.54) is 19.3 Å². The maximum Gasteiger partial charge on any atom is 0.130 e. The van der Waals surface area contributed by atoms with Crippen molar-refractivity contribution in [3.63, 3.8) is 0 Å². The molecule has 4 nitrogen and oxygen atoms in total. The third kappa shape index (κ3) is 2.12. The van der Waals surface area contributed by atoms with Crippen LogP contribution in [0.4, 0.5) is 5.82 Å². The van der Waals surface area contributed by atoms with Gasteiger partial charge >= 0.3 is 0 Å². The maximum absolute atomic E-state index is 5.88. The van der Waals surface area contributed by atoms with Crippen molar-refractivity contribution in [3.05, 3.63) is 17.6 Å². The summed E-state index contributed by atoms with van der Waals surface area (Å²) in [5.41, 5.74) is 1.40. The first-order chi connectivity index (χ1) is 9.14. The molecule has 2 atom stereocenters. The van der Waals surface area contributed by atoms with Crippen LogP contribution >= 0.6 is 0 Å². The average Bonchev–Trinajstić information content (AvgIpc) is 2.23. The number of anilines is 1. The number of rotatable bonds is 4. The predicted molar refractivity (Wildman–Crippen MR) is 75.2 cm³/mol. The summed E-state index contributed by atoms with van der Waals surface area (Å²) in [5.74, 6) is 1.81. The maximum atomic E-state index is 5.88. The molecular weight excluding hydrogens is 238 g/mol. The number of nitrogens with one attached hydrogen (secondary N) is 1. The molecule has 0 saturated heterocycles. The fraction of sp³-hybridized carbons (Fsp3) is 0.733. The van der Waals surface area contributed by atoms with Gasteiger partial charge in [0.1, 0.15) is 11.6 Å². The van der Waals surface area contributed by atoms with Crippen LogP contribution < -0.4 is 5.32 Å². The van der Waals surface area contributed by atoms with Crippen LogP contribution in [0.1, 0.15) is 44.1 Å². The smallest absolute Gasteiger partial charge is 0.130 e. The highest BCUT2D eigenvalue weighted by Crippen LogP contribution is 2.58. The number of ether oxygens (including phenoxy) is 1. The fourth-order valence-electron chi connectivity index (χ4n) is 3.61. The molecule has 1 spiro atoms. The zero-order valence-electron chi connectivity index (χ0n) is 12.1. The number of hydrogen-bond donors (Lipinski definition) is 1. The summed E-state index contributed by atoms with van der Waals surface area (Å²) in [6.45, 7) is 6.87. The number of hydrogen-bond acceptors (Lipinski definition) is 4. The monoisotopic (exact) mass is 261 g/mol. The molecule has 0 radical (unpaired) electrons. The van der Waals surface area contributed by atoms with Gasteiger partial charge < -0.3 is 10.1 Å². The molecule has 104 valence electrons. The van der Waals surface area contributed by atoms with E-state index in [9.17, 15) is 0 Å². The van der Waals surface area contributed by atoms with Gasteiger partial charge in [-0.3, -0.25) is 0 Å². The zero-order valence-corrected chi connectivity index (χ0v) is 12.1. The molecule has 2 aliphatic carbocycles. The van der Waals surface area contributed by atoms with Crippen molar-refractivity contribution >= 4 is 5.82 Å². The van der Waals surface area contributed by atoms with E-state index in [0.717, 1.165) is 30.4 Å². The van der Waals surface area contributed by atoms with E-state index in [1.807, 2.05) is 19.9 Å². The topological polar surface area (TPSA) is 47.0 Å². The highest BCUT2D eigenvalue weighted by Gasteiger charge is 2.59. The van der Waals surface area contributed by atoms with Crippen molar-refractivity contribution in [2.45, 2.75) is 58.6 Å². The van der Waals surface area contributed by atoms with Crippen LogP contribution in [0.3, 0.4) is 0 Å². The lowest BCUT2D eigenvalue weighted by atomic mass is 9.51. The van der Waals surface area contributed by atoms with E-state index >= 15 is 0 Å². The minimum atomic E-state index is 0.378. The largest absolute Gasteiger partial charge is 0.378 e. The summed E-state index contributed by atoms with van der Waals surface area (Å²) in [6, 6.07) is 2.55. The van der Waals surface area contributed by atoms with Crippen LogP contribution in [0.25, 0.3) is 0 Å². The summed E-state index contributed by atoms with van der Waals surface area (Å²) >= 11 is 0. The van der Waals surface area contributed by atoms with Crippen molar-refractivity contribution in [1.29, 1.82) is 0 Å². The van der Waals surface area contributed by atoms with Crippen molar-refractivity contribution in [1.82, 2.24) is 9.97 Å². The second-order valence-corrected chi connectivity index (χ2v) is 5.91. The van der Waals surface area contributed by atoms with Crippen molar-refractivity contribution in [2.75, 3.05) is 11.9 Å². The Hall–Kier alpha value is -1.16. The number of aromatic nitrogens is 2. The molecule has 19 heavy (non-hydrogen) atoms. The average molecular weight is 261 g/mol.